The molecule has 0 amide bonds. The first-order valence-electron chi connectivity index (χ1n) is 13.3. The van der Waals surface area contributed by atoms with E-state index in [1.165, 1.54) is 16.6 Å². The molecular formula is C33H31N4O2+. The molecule has 6 rings (SSSR count). The number of ether oxygens (including phenoxy) is 1. The molecule has 194 valence electrons. The molecule has 0 aliphatic rings. The second-order valence-corrected chi connectivity index (χ2v) is 9.98. The summed E-state index contributed by atoms with van der Waals surface area (Å²) < 4.78 is 9.76. The van der Waals surface area contributed by atoms with Crippen molar-refractivity contribution in [2.75, 3.05) is 0 Å². The van der Waals surface area contributed by atoms with Crippen LogP contribution < -0.4 is 9.30 Å². The Kier molecular flexibility index (Phi) is 6.45. The molecule has 6 heteroatoms. The van der Waals surface area contributed by atoms with Crippen LogP contribution in [0.25, 0.3) is 44.6 Å². The van der Waals surface area contributed by atoms with Gasteiger partial charge in [-0.15, -0.1) is 0 Å². The van der Waals surface area contributed by atoms with Gasteiger partial charge in [0, 0.05) is 18.5 Å². The largest absolute Gasteiger partial charge is 0.428 e. The van der Waals surface area contributed by atoms with Crippen LogP contribution in [-0.4, -0.2) is 21.0 Å². The van der Waals surface area contributed by atoms with Crippen molar-refractivity contribution >= 4 is 28.5 Å². The summed E-state index contributed by atoms with van der Waals surface area (Å²) >= 11 is 0. The molecule has 0 saturated heterocycles. The molecule has 0 fully saturated rings. The number of rotatable bonds is 8. The Hall–Kier alpha value is -4.71. The van der Waals surface area contributed by atoms with Crippen LogP contribution in [0.1, 0.15) is 30.3 Å². The van der Waals surface area contributed by atoms with Crippen molar-refractivity contribution in [3.05, 3.63) is 102 Å². The number of carbonyl (C=O) groups is 1. The third-order valence-corrected chi connectivity index (χ3v) is 7.39. The predicted octanol–water partition coefficient (Wildman–Crippen LogP) is 6.52. The average molecular weight is 516 g/mol. The Bertz CT molecular complexity index is 1810. The van der Waals surface area contributed by atoms with E-state index >= 15 is 0 Å². The molecular weight excluding hydrogens is 484 g/mol. The Balaban J connectivity index is 1.41. The lowest BCUT2D eigenvalue weighted by atomic mass is 10.0. The lowest BCUT2D eigenvalue weighted by molar-refractivity contribution is -0.633. The highest BCUT2D eigenvalue weighted by molar-refractivity contribution is 5.85. The molecule has 0 unspecified atom stereocenters. The van der Waals surface area contributed by atoms with Crippen LogP contribution in [0.5, 0.6) is 5.75 Å². The minimum atomic E-state index is 0.471. The maximum absolute atomic E-state index is 11.0. The van der Waals surface area contributed by atoms with Crippen molar-refractivity contribution < 1.29 is 14.1 Å². The summed E-state index contributed by atoms with van der Waals surface area (Å²) in [6, 6.07) is 28.9. The molecule has 2 aromatic heterocycles. The van der Waals surface area contributed by atoms with Crippen LogP contribution in [0.2, 0.25) is 0 Å². The third-order valence-electron chi connectivity index (χ3n) is 7.39. The molecule has 39 heavy (non-hydrogen) atoms. The highest BCUT2D eigenvalue weighted by Crippen LogP contribution is 2.31. The minimum Gasteiger partial charge on any atom is -0.428 e. The summed E-state index contributed by atoms with van der Waals surface area (Å²) in [5, 5.41) is 0. The number of hydrogen-bond donors (Lipinski definition) is 1. The summed E-state index contributed by atoms with van der Waals surface area (Å²) in [5.41, 5.74) is 9.87. The van der Waals surface area contributed by atoms with Gasteiger partial charge in [-0.25, -0.2) is 14.5 Å². The SMILES string of the molecule is CCCc1nc2c(C)cc(-c3[nH]c4ccccc4[n+]3C)cc2n1Cc1ccc(-c2ccccc2OC=O)cc1. The number of carbonyl (C=O) groups excluding carboxylic acids is 1. The molecule has 0 atom stereocenters. The van der Waals surface area contributed by atoms with E-state index in [0.29, 0.717) is 12.2 Å². The molecule has 4 aromatic carbocycles. The highest BCUT2D eigenvalue weighted by Gasteiger charge is 2.21. The van der Waals surface area contributed by atoms with Gasteiger partial charge >= 0.3 is 0 Å². The number of nitrogens with zero attached hydrogens (tertiary/aromatic N) is 3. The smallest absolute Gasteiger partial charge is 0.298 e. The maximum Gasteiger partial charge on any atom is 0.298 e. The number of fused-ring (bicyclic) bond motifs is 2. The van der Waals surface area contributed by atoms with Crippen molar-refractivity contribution in [3.8, 4) is 28.3 Å². The molecule has 0 spiro atoms. The van der Waals surface area contributed by atoms with Crippen molar-refractivity contribution in [1.82, 2.24) is 14.5 Å². The summed E-state index contributed by atoms with van der Waals surface area (Å²) in [6.45, 7) is 5.54. The number of imidazole rings is 2. The van der Waals surface area contributed by atoms with Crippen LogP contribution in [0, 0.1) is 6.92 Å². The standard InChI is InChI=1S/C33H30N4O2/c1-4-9-31-35-32-22(2)18-25(33-34-27-11-6-7-12-28(27)36(33)3)19-29(32)37(31)20-23-14-16-24(17-15-23)26-10-5-8-13-30(26)39-21-38/h5-8,10-19,21H,4,9,20H2,1-3H3/p+1. The van der Waals surface area contributed by atoms with Crippen LogP contribution in [0.3, 0.4) is 0 Å². The van der Waals surface area contributed by atoms with Crippen LogP contribution >= 0.6 is 0 Å². The number of benzene rings is 4. The van der Waals surface area contributed by atoms with E-state index in [1.807, 2.05) is 18.2 Å². The summed E-state index contributed by atoms with van der Waals surface area (Å²) in [6.07, 6.45) is 1.94. The van der Waals surface area contributed by atoms with E-state index in [1.54, 1.807) is 6.07 Å². The van der Waals surface area contributed by atoms with Gasteiger partial charge in [0.05, 0.1) is 23.6 Å². The normalized spacial score (nSPS) is 11.4. The fourth-order valence-electron chi connectivity index (χ4n) is 5.47. The third kappa shape index (κ3) is 4.48. The van der Waals surface area contributed by atoms with Crippen molar-refractivity contribution in [1.29, 1.82) is 0 Å². The zero-order valence-electron chi connectivity index (χ0n) is 22.4. The lowest BCUT2D eigenvalue weighted by Gasteiger charge is -2.12. The number of hydrogen-bond acceptors (Lipinski definition) is 3. The van der Waals surface area contributed by atoms with E-state index in [9.17, 15) is 4.79 Å². The molecule has 2 heterocycles. The average Bonchev–Trinajstić information content (AvgIpc) is 3.47. The second kappa shape index (κ2) is 10.2. The Morgan fingerprint density at radius 1 is 0.974 bits per heavy atom. The topological polar surface area (TPSA) is 63.8 Å². The van der Waals surface area contributed by atoms with E-state index < -0.39 is 0 Å². The van der Waals surface area contributed by atoms with Crippen molar-refractivity contribution in [3.63, 3.8) is 0 Å². The van der Waals surface area contributed by atoms with Crippen molar-refractivity contribution in [2.24, 2.45) is 7.05 Å². The first kappa shape index (κ1) is 24.6. The summed E-state index contributed by atoms with van der Waals surface area (Å²) in [5.74, 6) is 2.73. The number of aromatic amines is 1. The van der Waals surface area contributed by atoms with Gasteiger partial charge in [0.1, 0.15) is 11.6 Å². The lowest BCUT2D eigenvalue weighted by Crippen LogP contribution is -2.29. The molecule has 6 nitrogen and oxygen atoms in total. The Labute approximate surface area is 227 Å². The number of aromatic nitrogens is 4. The number of nitrogens with one attached hydrogen (secondary N) is 1. The molecule has 1 N–H and O–H groups in total. The summed E-state index contributed by atoms with van der Waals surface area (Å²) in [4.78, 5) is 19.7. The Morgan fingerprint density at radius 2 is 1.74 bits per heavy atom. The Morgan fingerprint density at radius 3 is 2.51 bits per heavy atom. The molecule has 0 aliphatic carbocycles. The molecule has 0 radical (unpaired) electrons. The van der Waals surface area contributed by atoms with Gasteiger partial charge in [-0.2, -0.15) is 0 Å². The van der Waals surface area contributed by atoms with Crippen LogP contribution in [0.4, 0.5) is 0 Å². The van der Waals surface area contributed by atoms with Crippen LogP contribution in [-0.2, 0) is 24.8 Å². The molecule has 6 aromatic rings. The zero-order valence-corrected chi connectivity index (χ0v) is 22.4. The second-order valence-electron chi connectivity index (χ2n) is 9.98. The summed E-state index contributed by atoms with van der Waals surface area (Å²) in [7, 11) is 2.10. The van der Waals surface area contributed by atoms with E-state index in [4.69, 9.17) is 9.72 Å². The number of aryl methyl sites for hydroxylation is 3. The molecule has 0 aliphatic heterocycles. The van der Waals surface area contributed by atoms with Gasteiger partial charge in [-0.05, 0) is 60.4 Å². The first-order valence-corrected chi connectivity index (χ1v) is 13.3. The number of para-hydroxylation sites is 3. The van der Waals surface area contributed by atoms with Gasteiger partial charge < -0.3 is 9.30 Å². The van der Waals surface area contributed by atoms with E-state index in [0.717, 1.165) is 64.3 Å². The minimum absolute atomic E-state index is 0.471. The predicted molar refractivity (Wildman–Crippen MR) is 155 cm³/mol. The van der Waals surface area contributed by atoms with Gasteiger partial charge in [0.2, 0.25) is 0 Å². The van der Waals surface area contributed by atoms with Crippen molar-refractivity contribution in [2.45, 2.75) is 33.2 Å². The van der Waals surface area contributed by atoms with Gasteiger partial charge in [-0.1, -0.05) is 61.5 Å². The molecule has 0 saturated carbocycles. The fraction of sp³-hybridized carbons (Fsp3) is 0.182. The number of H-pyrrole nitrogens is 1. The monoisotopic (exact) mass is 515 g/mol. The van der Waals surface area contributed by atoms with Gasteiger partial charge in [-0.3, -0.25) is 4.79 Å². The maximum atomic E-state index is 11.0. The first-order chi connectivity index (χ1) is 19.1. The highest BCUT2D eigenvalue weighted by atomic mass is 16.5. The van der Waals surface area contributed by atoms with E-state index in [2.05, 4.69) is 95.7 Å². The molecule has 0 bridgehead atoms. The van der Waals surface area contributed by atoms with Gasteiger partial charge in [0.15, 0.2) is 11.0 Å². The zero-order chi connectivity index (χ0) is 26.9. The van der Waals surface area contributed by atoms with Gasteiger partial charge in [0.25, 0.3) is 12.3 Å². The quantitative estimate of drug-likeness (QED) is 0.185. The fourth-order valence-corrected chi connectivity index (χ4v) is 5.47. The van der Waals surface area contributed by atoms with E-state index in [-0.39, 0.29) is 0 Å². The van der Waals surface area contributed by atoms with Crippen LogP contribution in [0.15, 0.2) is 84.9 Å².